The van der Waals surface area contributed by atoms with E-state index in [-0.39, 0.29) is 5.92 Å². The Labute approximate surface area is 142 Å². The summed E-state index contributed by atoms with van der Waals surface area (Å²) in [7, 11) is 1.77. The van der Waals surface area contributed by atoms with Gasteiger partial charge in [-0.3, -0.25) is 0 Å². The van der Waals surface area contributed by atoms with Crippen molar-refractivity contribution in [2.75, 3.05) is 13.7 Å². The largest absolute Gasteiger partial charge is 0.384 e. The van der Waals surface area contributed by atoms with E-state index in [1.165, 1.54) is 37.8 Å². The molecular formula is C20H27F3O. The molecule has 134 valence electrons. The summed E-state index contributed by atoms with van der Waals surface area (Å²) in [5.41, 5.74) is 0.619. The van der Waals surface area contributed by atoms with Crippen LogP contribution in [0.4, 0.5) is 13.2 Å². The average molecular weight is 340 g/mol. The van der Waals surface area contributed by atoms with Crippen LogP contribution in [0.1, 0.15) is 62.8 Å². The number of hydrogen-bond acceptors (Lipinski definition) is 1. The second-order valence-electron chi connectivity index (χ2n) is 7.65. The summed E-state index contributed by atoms with van der Waals surface area (Å²) in [6.07, 6.45) is 9.21. The van der Waals surface area contributed by atoms with Gasteiger partial charge in [0.05, 0.1) is 0 Å². The van der Waals surface area contributed by atoms with Crippen molar-refractivity contribution in [3.05, 3.63) is 35.1 Å². The summed E-state index contributed by atoms with van der Waals surface area (Å²) in [5.74, 6) is -1.09. The van der Waals surface area contributed by atoms with Gasteiger partial charge in [0.15, 0.2) is 17.5 Å². The normalized spacial score (nSPS) is 31.2. The van der Waals surface area contributed by atoms with Gasteiger partial charge in [0.25, 0.3) is 0 Å². The lowest BCUT2D eigenvalue weighted by Gasteiger charge is -2.38. The molecule has 1 aromatic rings. The van der Waals surface area contributed by atoms with Crippen molar-refractivity contribution < 1.29 is 17.9 Å². The molecular weight excluding hydrogens is 313 g/mol. The van der Waals surface area contributed by atoms with Gasteiger partial charge in [-0.1, -0.05) is 0 Å². The molecule has 0 aliphatic heterocycles. The Morgan fingerprint density at radius 3 is 1.83 bits per heavy atom. The standard InChI is InChI=1S/C20H27F3O/c1-24-12-13-2-4-14(5-3-13)15-6-8-16(9-7-15)17-10-18(21)20(23)19(22)11-17/h10-11,13-16H,2-9,12H2,1H3. The minimum absolute atomic E-state index is 0.163. The molecule has 0 heterocycles. The Balaban J connectivity index is 1.53. The number of benzene rings is 1. The van der Waals surface area contributed by atoms with Gasteiger partial charge in [-0.15, -0.1) is 0 Å². The highest BCUT2D eigenvalue weighted by atomic mass is 19.2. The Hall–Kier alpha value is -1.03. The molecule has 0 radical (unpaired) electrons. The zero-order valence-electron chi connectivity index (χ0n) is 14.4. The predicted molar refractivity (Wildman–Crippen MR) is 88.3 cm³/mol. The van der Waals surface area contributed by atoms with Crippen LogP contribution in [0.2, 0.25) is 0 Å². The van der Waals surface area contributed by atoms with E-state index in [2.05, 4.69) is 0 Å². The lowest BCUT2D eigenvalue weighted by Crippen LogP contribution is -2.26. The van der Waals surface area contributed by atoms with Crippen LogP contribution in [0.3, 0.4) is 0 Å². The van der Waals surface area contributed by atoms with Crippen molar-refractivity contribution in [1.82, 2.24) is 0 Å². The molecule has 24 heavy (non-hydrogen) atoms. The van der Waals surface area contributed by atoms with Crippen molar-refractivity contribution in [2.45, 2.75) is 57.3 Å². The second-order valence-corrected chi connectivity index (χ2v) is 7.65. The number of methoxy groups -OCH3 is 1. The van der Waals surface area contributed by atoms with E-state index in [9.17, 15) is 13.2 Å². The Morgan fingerprint density at radius 2 is 1.33 bits per heavy atom. The first-order valence-electron chi connectivity index (χ1n) is 9.21. The second kappa shape index (κ2) is 7.90. The molecule has 1 aromatic carbocycles. The number of halogens is 3. The molecule has 0 N–H and O–H groups in total. The van der Waals surface area contributed by atoms with Crippen molar-refractivity contribution in [3.8, 4) is 0 Å². The zero-order chi connectivity index (χ0) is 17.1. The van der Waals surface area contributed by atoms with Gasteiger partial charge in [0, 0.05) is 13.7 Å². The molecule has 3 rings (SSSR count). The van der Waals surface area contributed by atoms with Crippen molar-refractivity contribution >= 4 is 0 Å². The monoisotopic (exact) mass is 340 g/mol. The fraction of sp³-hybridized carbons (Fsp3) is 0.700. The van der Waals surface area contributed by atoms with Gasteiger partial charge in [0.2, 0.25) is 0 Å². The van der Waals surface area contributed by atoms with Crippen LogP contribution in [0, 0.1) is 35.2 Å². The molecule has 0 spiro atoms. The molecule has 4 heteroatoms. The van der Waals surface area contributed by atoms with Gasteiger partial charge in [0.1, 0.15) is 0 Å². The maximum atomic E-state index is 13.4. The van der Waals surface area contributed by atoms with Crippen molar-refractivity contribution in [2.24, 2.45) is 17.8 Å². The summed E-state index contributed by atoms with van der Waals surface area (Å²) < 4.78 is 45.2. The maximum Gasteiger partial charge on any atom is 0.194 e. The number of ether oxygens (including phenoxy) is 1. The molecule has 0 aromatic heterocycles. The van der Waals surface area contributed by atoms with Crippen LogP contribution in [-0.4, -0.2) is 13.7 Å². The van der Waals surface area contributed by atoms with Crippen LogP contribution in [0.25, 0.3) is 0 Å². The number of rotatable bonds is 4. The first-order chi connectivity index (χ1) is 11.6. The topological polar surface area (TPSA) is 9.23 Å². The summed E-state index contributed by atoms with van der Waals surface area (Å²) in [4.78, 5) is 0. The zero-order valence-corrected chi connectivity index (χ0v) is 14.4. The van der Waals surface area contributed by atoms with E-state index in [4.69, 9.17) is 4.74 Å². The van der Waals surface area contributed by atoms with Gasteiger partial charge < -0.3 is 4.74 Å². The third kappa shape index (κ3) is 3.96. The third-order valence-electron chi connectivity index (χ3n) is 6.21. The van der Waals surface area contributed by atoms with E-state index < -0.39 is 17.5 Å². The van der Waals surface area contributed by atoms with Crippen molar-refractivity contribution in [1.29, 1.82) is 0 Å². The van der Waals surface area contributed by atoms with E-state index in [0.29, 0.717) is 11.5 Å². The van der Waals surface area contributed by atoms with E-state index in [1.807, 2.05) is 0 Å². The lowest BCUT2D eigenvalue weighted by atomic mass is 9.68. The first kappa shape index (κ1) is 17.8. The summed E-state index contributed by atoms with van der Waals surface area (Å²) in [6.45, 7) is 0.876. The SMILES string of the molecule is COCC1CCC(C2CCC(c3cc(F)c(F)c(F)c3)CC2)CC1. The Morgan fingerprint density at radius 1 is 0.833 bits per heavy atom. The molecule has 0 atom stereocenters. The van der Waals surface area contributed by atoms with Crippen LogP contribution >= 0.6 is 0 Å². The van der Waals surface area contributed by atoms with Crippen molar-refractivity contribution in [3.63, 3.8) is 0 Å². The van der Waals surface area contributed by atoms with Gasteiger partial charge in [-0.25, -0.2) is 13.2 Å². The summed E-state index contributed by atoms with van der Waals surface area (Å²) in [5, 5.41) is 0. The minimum Gasteiger partial charge on any atom is -0.384 e. The predicted octanol–water partition coefficient (Wildman–Crippen LogP) is 5.83. The highest BCUT2D eigenvalue weighted by Crippen LogP contribution is 2.44. The highest BCUT2D eigenvalue weighted by molar-refractivity contribution is 5.23. The third-order valence-corrected chi connectivity index (χ3v) is 6.21. The Kier molecular flexibility index (Phi) is 5.85. The molecule has 2 saturated carbocycles. The molecule has 0 saturated heterocycles. The lowest BCUT2D eigenvalue weighted by molar-refractivity contribution is 0.0968. The smallest absolute Gasteiger partial charge is 0.194 e. The van der Waals surface area contributed by atoms with Gasteiger partial charge >= 0.3 is 0 Å². The van der Waals surface area contributed by atoms with E-state index in [1.54, 1.807) is 7.11 Å². The fourth-order valence-electron chi connectivity index (χ4n) is 4.80. The molecule has 0 amide bonds. The fourth-order valence-corrected chi connectivity index (χ4v) is 4.80. The molecule has 1 nitrogen and oxygen atoms in total. The molecule has 0 unspecified atom stereocenters. The maximum absolute atomic E-state index is 13.4. The molecule has 0 bridgehead atoms. The van der Waals surface area contributed by atoms with Crippen LogP contribution in [0.5, 0.6) is 0 Å². The Bertz CT molecular complexity index is 521. The molecule has 2 aliphatic carbocycles. The van der Waals surface area contributed by atoms with E-state index >= 15 is 0 Å². The summed E-state index contributed by atoms with van der Waals surface area (Å²) in [6, 6.07) is 2.36. The van der Waals surface area contributed by atoms with Crippen LogP contribution < -0.4 is 0 Å². The quantitative estimate of drug-likeness (QED) is 0.627. The minimum atomic E-state index is -1.36. The summed E-state index contributed by atoms with van der Waals surface area (Å²) >= 11 is 0. The van der Waals surface area contributed by atoms with E-state index in [0.717, 1.165) is 44.1 Å². The average Bonchev–Trinajstić information content (AvgIpc) is 2.60. The molecule has 2 fully saturated rings. The van der Waals surface area contributed by atoms with Crippen LogP contribution in [-0.2, 0) is 4.74 Å². The first-order valence-corrected chi connectivity index (χ1v) is 9.21. The molecule has 2 aliphatic rings. The van der Waals surface area contributed by atoms with Crippen LogP contribution in [0.15, 0.2) is 12.1 Å². The number of hydrogen-bond donors (Lipinski definition) is 0. The van der Waals surface area contributed by atoms with Gasteiger partial charge in [-0.05, 0) is 92.7 Å². The van der Waals surface area contributed by atoms with Gasteiger partial charge in [-0.2, -0.15) is 0 Å². The highest BCUT2D eigenvalue weighted by Gasteiger charge is 2.31.